The number of rotatable bonds is 1. The van der Waals surface area contributed by atoms with E-state index in [-0.39, 0.29) is 0 Å². The number of pyridine rings is 1. The van der Waals surface area contributed by atoms with Gasteiger partial charge in [-0.1, -0.05) is 0 Å². The summed E-state index contributed by atoms with van der Waals surface area (Å²) < 4.78 is 0. The maximum Gasteiger partial charge on any atom is 0.0403 e. The highest BCUT2D eigenvalue weighted by Gasteiger charge is 2.19. The fourth-order valence-corrected chi connectivity index (χ4v) is 2.02. The lowest BCUT2D eigenvalue weighted by Gasteiger charge is -2.18. The molecule has 0 radical (unpaired) electrons. The van der Waals surface area contributed by atoms with Crippen LogP contribution in [0.2, 0.25) is 0 Å². The average Bonchev–Trinajstić information content (AvgIpc) is 2.50. The summed E-state index contributed by atoms with van der Waals surface area (Å²) in [6.45, 7) is 6.12. The standard InChI is InChI=1S/C11H17N3/c1-8-5-11(6-9(2)13-8)14-4-3-10(12)7-14/h5-6,10H,3-4,7,12H2,1-2H3. The van der Waals surface area contributed by atoms with Gasteiger partial charge in [-0.05, 0) is 32.4 Å². The van der Waals surface area contributed by atoms with Crippen LogP contribution in [-0.2, 0) is 0 Å². The normalized spacial score (nSPS) is 21.6. The van der Waals surface area contributed by atoms with Crippen LogP contribution in [0.4, 0.5) is 5.69 Å². The Balaban J connectivity index is 2.23. The van der Waals surface area contributed by atoms with Crippen molar-refractivity contribution in [2.45, 2.75) is 26.3 Å². The van der Waals surface area contributed by atoms with E-state index in [0.717, 1.165) is 30.9 Å². The summed E-state index contributed by atoms with van der Waals surface area (Å²) in [6.07, 6.45) is 1.10. The molecule has 0 aromatic carbocycles. The highest BCUT2D eigenvalue weighted by Crippen LogP contribution is 2.20. The SMILES string of the molecule is Cc1cc(N2CCC(N)C2)cc(C)n1. The van der Waals surface area contributed by atoms with Gasteiger partial charge in [-0.3, -0.25) is 4.98 Å². The summed E-state index contributed by atoms with van der Waals surface area (Å²) in [5.74, 6) is 0. The van der Waals surface area contributed by atoms with Gasteiger partial charge in [0.2, 0.25) is 0 Å². The van der Waals surface area contributed by atoms with E-state index in [1.807, 2.05) is 13.8 Å². The number of hydrogen-bond acceptors (Lipinski definition) is 3. The van der Waals surface area contributed by atoms with Gasteiger partial charge >= 0.3 is 0 Å². The second-order valence-corrected chi connectivity index (χ2v) is 4.10. The van der Waals surface area contributed by atoms with Gasteiger partial charge in [0.1, 0.15) is 0 Å². The molecular formula is C11H17N3. The Labute approximate surface area is 84.9 Å². The Kier molecular flexibility index (Phi) is 2.42. The van der Waals surface area contributed by atoms with E-state index < -0.39 is 0 Å². The zero-order chi connectivity index (χ0) is 10.1. The summed E-state index contributed by atoms with van der Waals surface area (Å²) in [5, 5.41) is 0. The molecular weight excluding hydrogens is 174 g/mol. The molecule has 1 aromatic rings. The van der Waals surface area contributed by atoms with Crippen LogP contribution in [0.1, 0.15) is 17.8 Å². The van der Waals surface area contributed by atoms with Crippen molar-refractivity contribution in [3.8, 4) is 0 Å². The summed E-state index contributed by atoms with van der Waals surface area (Å²) >= 11 is 0. The smallest absolute Gasteiger partial charge is 0.0403 e. The van der Waals surface area contributed by atoms with Crippen molar-refractivity contribution in [2.75, 3.05) is 18.0 Å². The number of nitrogens with two attached hydrogens (primary N) is 1. The Morgan fingerprint density at radius 3 is 2.50 bits per heavy atom. The van der Waals surface area contributed by atoms with Crippen molar-refractivity contribution in [2.24, 2.45) is 5.73 Å². The number of aryl methyl sites for hydroxylation is 2. The molecule has 0 saturated carbocycles. The summed E-state index contributed by atoms with van der Waals surface area (Å²) in [5.41, 5.74) is 9.32. The third-order valence-corrected chi connectivity index (χ3v) is 2.66. The average molecular weight is 191 g/mol. The van der Waals surface area contributed by atoms with Gasteiger partial charge in [-0.15, -0.1) is 0 Å². The fraction of sp³-hybridized carbons (Fsp3) is 0.545. The maximum atomic E-state index is 5.88. The molecule has 14 heavy (non-hydrogen) atoms. The predicted octanol–water partition coefficient (Wildman–Crippen LogP) is 1.24. The summed E-state index contributed by atoms with van der Waals surface area (Å²) in [6, 6.07) is 4.60. The molecule has 1 aliphatic rings. The van der Waals surface area contributed by atoms with Crippen LogP contribution in [0.3, 0.4) is 0 Å². The van der Waals surface area contributed by atoms with E-state index in [9.17, 15) is 0 Å². The molecule has 3 heteroatoms. The lowest BCUT2D eigenvalue weighted by atomic mass is 10.2. The molecule has 0 amide bonds. The van der Waals surface area contributed by atoms with Crippen molar-refractivity contribution in [1.29, 1.82) is 0 Å². The zero-order valence-electron chi connectivity index (χ0n) is 8.83. The second-order valence-electron chi connectivity index (χ2n) is 4.10. The van der Waals surface area contributed by atoms with Crippen molar-refractivity contribution >= 4 is 5.69 Å². The minimum Gasteiger partial charge on any atom is -0.370 e. The van der Waals surface area contributed by atoms with E-state index in [1.165, 1.54) is 5.69 Å². The molecule has 1 fully saturated rings. The molecule has 1 saturated heterocycles. The first kappa shape index (κ1) is 9.46. The van der Waals surface area contributed by atoms with Crippen LogP contribution in [0, 0.1) is 13.8 Å². The lowest BCUT2D eigenvalue weighted by molar-refractivity contribution is 0.752. The largest absolute Gasteiger partial charge is 0.370 e. The number of aromatic nitrogens is 1. The Hall–Kier alpha value is -1.09. The lowest BCUT2D eigenvalue weighted by Crippen LogP contribution is -2.26. The van der Waals surface area contributed by atoms with E-state index in [4.69, 9.17) is 5.73 Å². The van der Waals surface area contributed by atoms with Crippen LogP contribution < -0.4 is 10.6 Å². The van der Waals surface area contributed by atoms with Gasteiger partial charge in [0.15, 0.2) is 0 Å². The van der Waals surface area contributed by atoms with Gasteiger partial charge in [0.05, 0.1) is 0 Å². The van der Waals surface area contributed by atoms with E-state index in [1.54, 1.807) is 0 Å². The van der Waals surface area contributed by atoms with Crippen molar-refractivity contribution < 1.29 is 0 Å². The van der Waals surface area contributed by atoms with E-state index in [0.29, 0.717) is 6.04 Å². The van der Waals surface area contributed by atoms with E-state index >= 15 is 0 Å². The molecule has 1 aliphatic heterocycles. The molecule has 0 spiro atoms. The molecule has 1 atom stereocenters. The molecule has 1 aromatic heterocycles. The van der Waals surface area contributed by atoms with Crippen molar-refractivity contribution in [3.63, 3.8) is 0 Å². The number of hydrogen-bond donors (Lipinski definition) is 1. The van der Waals surface area contributed by atoms with Crippen LogP contribution in [-0.4, -0.2) is 24.1 Å². The highest BCUT2D eigenvalue weighted by atomic mass is 15.2. The van der Waals surface area contributed by atoms with Crippen molar-refractivity contribution in [1.82, 2.24) is 4.98 Å². The zero-order valence-corrected chi connectivity index (χ0v) is 8.83. The Morgan fingerprint density at radius 1 is 1.36 bits per heavy atom. The maximum absolute atomic E-state index is 5.88. The first-order chi connectivity index (χ1) is 6.65. The third kappa shape index (κ3) is 1.87. The Bertz CT molecular complexity index is 315. The van der Waals surface area contributed by atoms with Crippen molar-refractivity contribution in [3.05, 3.63) is 23.5 Å². The topological polar surface area (TPSA) is 42.1 Å². The van der Waals surface area contributed by atoms with Gasteiger partial charge in [-0.25, -0.2) is 0 Å². The first-order valence-corrected chi connectivity index (χ1v) is 5.11. The minimum atomic E-state index is 0.337. The van der Waals surface area contributed by atoms with Crippen LogP contribution >= 0.6 is 0 Å². The molecule has 1 unspecified atom stereocenters. The number of anilines is 1. The minimum absolute atomic E-state index is 0.337. The molecule has 2 heterocycles. The molecule has 3 nitrogen and oxygen atoms in total. The third-order valence-electron chi connectivity index (χ3n) is 2.66. The van der Waals surface area contributed by atoms with Gasteiger partial charge in [-0.2, -0.15) is 0 Å². The summed E-state index contributed by atoms with van der Waals surface area (Å²) in [7, 11) is 0. The molecule has 76 valence electrons. The fourth-order valence-electron chi connectivity index (χ4n) is 2.02. The predicted molar refractivity (Wildman–Crippen MR) is 58.5 cm³/mol. The van der Waals surface area contributed by atoms with Gasteiger partial charge in [0, 0.05) is 36.2 Å². The molecule has 2 rings (SSSR count). The molecule has 0 aliphatic carbocycles. The van der Waals surface area contributed by atoms with E-state index in [2.05, 4.69) is 22.0 Å². The van der Waals surface area contributed by atoms with Crippen LogP contribution in [0.5, 0.6) is 0 Å². The Morgan fingerprint density at radius 2 is 2.00 bits per heavy atom. The quantitative estimate of drug-likeness (QED) is 0.726. The number of nitrogens with zero attached hydrogens (tertiary/aromatic N) is 2. The van der Waals surface area contributed by atoms with Crippen LogP contribution in [0.15, 0.2) is 12.1 Å². The second kappa shape index (κ2) is 3.58. The summed E-state index contributed by atoms with van der Waals surface area (Å²) in [4.78, 5) is 6.71. The monoisotopic (exact) mass is 191 g/mol. The van der Waals surface area contributed by atoms with Gasteiger partial charge in [0.25, 0.3) is 0 Å². The molecule has 0 bridgehead atoms. The van der Waals surface area contributed by atoms with Crippen LogP contribution in [0.25, 0.3) is 0 Å². The first-order valence-electron chi connectivity index (χ1n) is 5.11. The van der Waals surface area contributed by atoms with Gasteiger partial charge < -0.3 is 10.6 Å². The highest BCUT2D eigenvalue weighted by molar-refractivity contribution is 5.49. The molecule has 2 N–H and O–H groups in total.